The molecule has 2 heterocycles. The maximum atomic E-state index is 12.6. The van der Waals surface area contributed by atoms with E-state index in [0.29, 0.717) is 22.5 Å². The van der Waals surface area contributed by atoms with Crippen molar-refractivity contribution in [1.29, 1.82) is 0 Å². The normalized spacial score (nSPS) is 15.1. The number of nitrogens with zero attached hydrogens (tertiary/aromatic N) is 3. The van der Waals surface area contributed by atoms with Crippen LogP contribution in [0, 0.1) is 0 Å². The van der Waals surface area contributed by atoms with Crippen LogP contribution in [0.5, 0.6) is 0 Å². The predicted octanol–water partition coefficient (Wildman–Crippen LogP) is 2.95. The lowest BCUT2D eigenvalue weighted by Crippen LogP contribution is -2.46. The van der Waals surface area contributed by atoms with Crippen LogP contribution >= 0.6 is 11.6 Å². The van der Waals surface area contributed by atoms with Gasteiger partial charge < -0.3 is 9.88 Å². The van der Waals surface area contributed by atoms with Crippen LogP contribution < -0.4 is 16.1 Å². The zero-order valence-electron chi connectivity index (χ0n) is 16.3. The molecular weight excluding hydrogens is 388 g/mol. The van der Waals surface area contributed by atoms with E-state index < -0.39 is 0 Å². The van der Waals surface area contributed by atoms with E-state index in [-0.39, 0.29) is 11.2 Å². The zero-order valence-corrected chi connectivity index (χ0v) is 17.1. The molecule has 152 valence electrons. The maximum Gasteiger partial charge on any atom is 0.328 e. The van der Waals surface area contributed by atoms with Crippen LogP contribution in [-0.2, 0) is 6.54 Å². The Morgan fingerprint density at radius 2 is 1.62 bits per heavy atom. The molecule has 0 bridgehead atoms. The summed E-state index contributed by atoms with van der Waals surface area (Å²) in [5.74, 6) is 0. The first-order valence-corrected chi connectivity index (χ1v) is 10.4. The number of aromatic amines is 1. The summed E-state index contributed by atoms with van der Waals surface area (Å²) < 4.78 is 1.28. The summed E-state index contributed by atoms with van der Waals surface area (Å²) >= 11 is 6.00. The number of H-pyrrole nitrogens is 1. The Hall–Kier alpha value is -2.57. The first-order chi connectivity index (χ1) is 14.1. The van der Waals surface area contributed by atoms with Gasteiger partial charge in [0, 0.05) is 43.4 Å². The molecule has 0 amide bonds. The van der Waals surface area contributed by atoms with Crippen LogP contribution in [0.4, 0.5) is 5.69 Å². The molecule has 1 N–H and O–H groups in total. The lowest BCUT2D eigenvalue weighted by molar-refractivity contribution is 0.251. The van der Waals surface area contributed by atoms with Gasteiger partial charge in [0.2, 0.25) is 0 Å². The van der Waals surface area contributed by atoms with E-state index in [1.54, 1.807) is 18.2 Å². The van der Waals surface area contributed by atoms with Crippen LogP contribution in [0.25, 0.3) is 10.9 Å². The first-order valence-electron chi connectivity index (χ1n) is 10.1. The minimum absolute atomic E-state index is 0.275. The van der Waals surface area contributed by atoms with Crippen molar-refractivity contribution >= 4 is 28.2 Å². The molecule has 3 aromatic rings. The summed E-state index contributed by atoms with van der Waals surface area (Å²) in [6.07, 6.45) is 1.73. The van der Waals surface area contributed by atoms with E-state index in [9.17, 15) is 9.59 Å². The minimum Gasteiger partial charge on any atom is -0.369 e. The van der Waals surface area contributed by atoms with Gasteiger partial charge >= 0.3 is 5.69 Å². The van der Waals surface area contributed by atoms with E-state index in [1.807, 2.05) is 6.07 Å². The van der Waals surface area contributed by atoms with Gasteiger partial charge in [-0.2, -0.15) is 0 Å². The highest BCUT2D eigenvalue weighted by Gasteiger charge is 2.16. The lowest BCUT2D eigenvalue weighted by Gasteiger charge is -2.36. The smallest absolute Gasteiger partial charge is 0.328 e. The number of hydrogen-bond donors (Lipinski definition) is 1. The molecule has 0 radical (unpaired) electrons. The fourth-order valence-corrected chi connectivity index (χ4v) is 4.07. The summed E-state index contributed by atoms with van der Waals surface area (Å²) in [6.45, 7) is 5.51. The van der Waals surface area contributed by atoms with Crippen molar-refractivity contribution in [2.45, 2.75) is 19.4 Å². The summed E-state index contributed by atoms with van der Waals surface area (Å²) in [5, 5.41) is 0.942. The third-order valence-electron chi connectivity index (χ3n) is 5.54. The fraction of sp³-hybridized carbons (Fsp3) is 0.364. The maximum absolute atomic E-state index is 12.6. The highest BCUT2D eigenvalue weighted by Crippen LogP contribution is 2.16. The second-order valence-corrected chi connectivity index (χ2v) is 7.88. The molecule has 2 aromatic carbocycles. The van der Waals surface area contributed by atoms with Gasteiger partial charge in [-0.15, -0.1) is 0 Å². The number of fused-ring (bicyclic) bond motifs is 1. The second kappa shape index (κ2) is 8.84. The second-order valence-electron chi connectivity index (χ2n) is 7.45. The van der Waals surface area contributed by atoms with Crippen molar-refractivity contribution in [3.63, 3.8) is 0 Å². The minimum atomic E-state index is -0.360. The number of para-hydroxylation sites is 1. The topological polar surface area (TPSA) is 61.3 Å². The van der Waals surface area contributed by atoms with Crippen molar-refractivity contribution in [3.05, 3.63) is 74.4 Å². The average molecular weight is 413 g/mol. The number of nitrogens with one attached hydrogen (secondary N) is 1. The summed E-state index contributed by atoms with van der Waals surface area (Å²) in [4.78, 5) is 32.5. The lowest BCUT2D eigenvalue weighted by atomic mass is 10.2. The van der Waals surface area contributed by atoms with E-state index in [4.69, 9.17) is 11.6 Å². The number of unbranched alkanes of at least 4 members (excludes halogenated alkanes) is 1. The van der Waals surface area contributed by atoms with Gasteiger partial charge in [0.05, 0.1) is 10.9 Å². The van der Waals surface area contributed by atoms with E-state index in [1.165, 1.54) is 10.3 Å². The molecule has 1 saturated heterocycles. The molecule has 7 heteroatoms. The molecule has 0 saturated carbocycles. The number of anilines is 1. The molecule has 0 aliphatic carbocycles. The first kappa shape index (κ1) is 19.7. The van der Waals surface area contributed by atoms with Crippen LogP contribution in [0.1, 0.15) is 12.8 Å². The van der Waals surface area contributed by atoms with Crippen molar-refractivity contribution in [2.24, 2.45) is 0 Å². The molecule has 1 fully saturated rings. The van der Waals surface area contributed by atoms with E-state index in [0.717, 1.165) is 45.6 Å². The predicted molar refractivity (Wildman–Crippen MR) is 118 cm³/mol. The van der Waals surface area contributed by atoms with Crippen molar-refractivity contribution in [3.8, 4) is 0 Å². The molecule has 1 aliphatic rings. The fourth-order valence-electron chi connectivity index (χ4n) is 3.90. The van der Waals surface area contributed by atoms with Crippen LogP contribution in [0.2, 0.25) is 5.02 Å². The van der Waals surface area contributed by atoms with Gasteiger partial charge in [-0.1, -0.05) is 29.8 Å². The Bertz CT molecular complexity index is 1090. The SMILES string of the molecule is O=c1[nH]c2ccc(Cl)cc2c(=O)n1CCCCN1CCN(c2ccccc2)CC1. The number of halogens is 1. The Labute approximate surface area is 174 Å². The van der Waals surface area contributed by atoms with Gasteiger partial charge in [0.15, 0.2) is 0 Å². The number of piperazine rings is 1. The molecule has 0 unspecified atom stereocenters. The standard InChI is InChI=1S/C22H25ClN4O2/c23-17-8-9-20-19(16-17)21(28)27(22(29)24-20)11-5-4-10-25-12-14-26(15-13-25)18-6-2-1-3-7-18/h1-3,6-9,16H,4-5,10-15H2,(H,24,29). The van der Waals surface area contributed by atoms with Crippen molar-refractivity contribution in [1.82, 2.24) is 14.5 Å². The molecule has 0 spiro atoms. The third-order valence-corrected chi connectivity index (χ3v) is 5.78. The highest BCUT2D eigenvalue weighted by atomic mass is 35.5. The summed E-state index contributed by atoms with van der Waals surface area (Å²) in [7, 11) is 0. The molecular formula is C22H25ClN4O2. The van der Waals surface area contributed by atoms with Gasteiger partial charge in [-0.05, 0) is 49.7 Å². The summed E-state index contributed by atoms with van der Waals surface area (Å²) in [5.41, 5.74) is 1.17. The van der Waals surface area contributed by atoms with Crippen LogP contribution in [0.15, 0.2) is 58.1 Å². The molecule has 1 aliphatic heterocycles. The Balaban J connectivity index is 1.29. The van der Waals surface area contributed by atoms with Crippen LogP contribution in [-0.4, -0.2) is 47.2 Å². The Morgan fingerprint density at radius 3 is 2.38 bits per heavy atom. The molecule has 1 aromatic heterocycles. The van der Waals surface area contributed by atoms with E-state index >= 15 is 0 Å². The Morgan fingerprint density at radius 1 is 0.897 bits per heavy atom. The van der Waals surface area contributed by atoms with Crippen molar-refractivity contribution in [2.75, 3.05) is 37.6 Å². The van der Waals surface area contributed by atoms with Gasteiger partial charge in [-0.25, -0.2) is 4.79 Å². The summed E-state index contributed by atoms with van der Waals surface area (Å²) in [6, 6.07) is 15.4. The molecule has 29 heavy (non-hydrogen) atoms. The molecule has 6 nitrogen and oxygen atoms in total. The number of aromatic nitrogens is 2. The zero-order chi connectivity index (χ0) is 20.2. The monoisotopic (exact) mass is 412 g/mol. The largest absolute Gasteiger partial charge is 0.369 e. The molecule has 4 rings (SSSR count). The number of benzene rings is 2. The highest BCUT2D eigenvalue weighted by molar-refractivity contribution is 6.31. The van der Waals surface area contributed by atoms with Gasteiger partial charge in [0.1, 0.15) is 0 Å². The van der Waals surface area contributed by atoms with Crippen LogP contribution in [0.3, 0.4) is 0 Å². The van der Waals surface area contributed by atoms with Crippen molar-refractivity contribution < 1.29 is 0 Å². The number of hydrogen-bond acceptors (Lipinski definition) is 4. The van der Waals surface area contributed by atoms with Gasteiger partial charge in [0.25, 0.3) is 5.56 Å². The quantitative estimate of drug-likeness (QED) is 0.632. The average Bonchev–Trinajstić information content (AvgIpc) is 2.75. The number of rotatable bonds is 6. The van der Waals surface area contributed by atoms with E-state index in [2.05, 4.69) is 39.0 Å². The Kier molecular flexibility index (Phi) is 6.02. The van der Waals surface area contributed by atoms with Gasteiger partial charge in [-0.3, -0.25) is 14.3 Å². The molecule has 0 atom stereocenters. The third kappa shape index (κ3) is 4.54.